The van der Waals surface area contributed by atoms with Crippen LogP contribution in [0.2, 0.25) is 0 Å². The molecule has 4 rings (SSSR count). The predicted octanol–water partition coefficient (Wildman–Crippen LogP) is 4.29. The Morgan fingerprint density at radius 1 is 1.29 bits per heavy atom. The molecule has 1 unspecified atom stereocenters. The molecule has 178 valence electrons. The normalized spacial score (nSPS) is 15.4. The smallest absolute Gasteiger partial charge is 0.414 e. The molecule has 0 spiro atoms. The Morgan fingerprint density at radius 3 is 2.82 bits per heavy atom. The van der Waals surface area contributed by atoms with Gasteiger partial charge in [-0.05, 0) is 29.3 Å². The van der Waals surface area contributed by atoms with E-state index in [9.17, 15) is 14.0 Å². The highest BCUT2D eigenvalue weighted by Crippen LogP contribution is 2.29. The van der Waals surface area contributed by atoms with Crippen LogP contribution in [-0.2, 0) is 16.1 Å². The number of nitrogens with zero attached hydrogens (tertiary/aromatic N) is 2. The molecule has 1 atom stereocenters. The van der Waals surface area contributed by atoms with Crippen molar-refractivity contribution in [1.82, 2.24) is 15.6 Å². The van der Waals surface area contributed by atoms with E-state index in [1.165, 1.54) is 17.9 Å². The highest BCUT2D eigenvalue weighted by Gasteiger charge is 2.32. The molecule has 10 heteroatoms. The number of halogens is 1. The quantitative estimate of drug-likeness (QED) is 0.319. The summed E-state index contributed by atoms with van der Waals surface area (Å²) in [5.41, 5.74) is 2.77. The third-order valence-corrected chi connectivity index (χ3v) is 7.19. The maximum atomic E-state index is 14.9. The van der Waals surface area contributed by atoms with Gasteiger partial charge in [0.1, 0.15) is 16.3 Å². The van der Waals surface area contributed by atoms with Gasteiger partial charge in [-0.2, -0.15) is 0 Å². The SMILES string of the molecule is CC(=O)NCC1CN(c2ccc(-c3ccc(CNCCSc4nccs4)cc3)c(F)c2)C(=O)O1. The van der Waals surface area contributed by atoms with Crippen molar-refractivity contribution in [3.8, 4) is 11.1 Å². The lowest BCUT2D eigenvalue weighted by Gasteiger charge is -2.15. The van der Waals surface area contributed by atoms with E-state index in [4.69, 9.17) is 4.74 Å². The molecule has 1 aliphatic rings. The van der Waals surface area contributed by atoms with Crippen LogP contribution < -0.4 is 15.5 Å². The fraction of sp³-hybridized carbons (Fsp3) is 0.292. The number of anilines is 1. The molecule has 3 aromatic rings. The second kappa shape index (κ2) is 11.5. The van der Waals surface area contributed by atoms with E-state index in [-0.39, 0.29) is 19.0 Å². The van der Waals surface area contributed by atoms with Crippen molar-refractivity contribution in [3.63, 3.8) is 0 Å². The molecule has 7 nitrogen and oxygen atoms in total. The fourth-order valence-electron chi connectivity index (χ4n) is 3.53. The van der Waals surface area contributed by atoms with E-state index in [0.717, 1.165) is 34.3 Å². The van der Waals surface area contributed by atoms with Crippen molar-refractivity contribution in [2.45, 2.75) is 23.9 Å². The Hall–Kier alpha value is -2.95. The molecular weight excluding hydrogens is 475 g/mol. The van der Waals surface area contributed by atoms with Gasteiger partial charge in [-0.1, -0.05) is 36.0 Å². The van der Waals surface area contributed by atoms with Crippen LogP contribution in [0.4, 0.5) is 14.9 Å². The zero-order chi connectivity index (χ0) is 23.9. The van der Waals surface area contributed by atoms with E-state index in [1.54, 1.807) is 35.2 Å². The van der Waals surface area contributed by atoms with E-state index in [2.05, 4.69) is 15.6 Å². The Morgan fingerprint density at radius 2 is 2.12 bits per heavy atom. The van der Waals surface area contributed by atoms with E-state index in [1.807, 2.05) is 35.8 Å². The number of amides is 2. The molecule has 2 aromatic carbocycles. The van der Waals surface area contributed by atoms with Gasteiger partial charge < -0.3 is 15.4 Å². The molecule has 1 aliphatic heterocycles. The largest absolute Gasteiger partial charge is 0.442 e. The summed E-state index contributed by atoms with van der Waals surface area (Å²) in [6.07, 6.45) is 0.792. The average molecular weight is 501 g/mol. The minimum atomic E-state index is -0.551. The van der Waals surface area contributed by atoms with Crippen LogP contribution in [0, 0.1) is 5.82 Å². The van der Waals surface area contributed by atoms with Gasteiger partial charge in [0.05, 0.1) is 18.8 Å². The number of carbonyl (C=O) groups is 2. The van der Waals surface area contributed by atoms with Crippen molar-refractivity contribution in [1.29, 1.82) is 0 Å². The second-order valence-electron chi connectivity index (χ2n) is 7.74. The molecule has 0 saturated carbocycles. The van der Waals surface area contributed by atoms with Crippen molar-refractivity contribution >= 4 is 40.8 Å². The number of aromatic nitrogens is 1. The van der Waals surface area contributed by atoms with Gasteiger partial charge in [-0.3, -0.25) is 9.69 Å². The summed E-state index contributed by atoms with van der Waals surface area (Å²) in [5.74, 6) is 0.333. The van der Waals surface area contributed by atoms with Crippen LogP contribution in [0.25, 0.3) is 11.1 Å². The maximum absolute atomic E-state index is 14.9. The Kier molecular flexibility index (Phi) is 8.15. The minimum absolute atomic E-state index is 0.197. The number of benzene rings is 2. The summed E-state index contributed by atoms with van der Waals surface area (Å²) in [4.78, 5) is 28.9. The second-order valence-corrected chi connectivity index (χ2v) is 9.97. The van der Waals surface area contributed by atoms with Gasteiger partial charge in [0.15, 0.2) is 0 Å². The van der Waals surface area contributed by atoms with Crippen molar-refractivity contribution in [2.75, 3.05) is 30.3 Å². The lowest BCUT2D eigenvalue weighted by molar-refractivity contribution is -0.119. The van der Waals surface area contributed by atoms with E-state index >= 15 is 0 Å². The summed E-state index contributed by atoms with van der Waals surface area (Å²) < 4.78 is 21.2. The van der Waals surface area contributed by atoms with Crippen LogP contribution in [0.5, 0.6) is 0 Å². The standard InChI is InChI=1S/C24H25FN4O3S2/c1-16(30)28-14-20-15-29(24(31)32-20)19-6-7-21(22(25)12-19)18-4-2-17(3-5-18)13-26-8-10-33-23-27-9-11-34-23/h2-7,9,11-12,20,26H,8,10,13-15H2,1H3,(H,28,30). The molecule has 0 aliphatic carbocycles. The van der Waals surface area contributed by atoms with E-state index < -0.39 is 18.0 Å². The Balaban J connectivity index is 1.31. The predicted molar refractivity (Wildman–Crippen MR) is 133 cm³/mol. The first-order valence-electron chi connectivity index (χ1n) is 10.8. The molecule has 2 amide bonds. The number of ether oxygens (including phenoxy) is 1. The first-order valence-corrected chi connectivity index (χ1v) is 12.7. The zero-order valence-corrected chi connectivity index (χ0v) is 20.3. The number of hydrogen-bond donors (Lipinski definition) is 2. The number of thiazole rings is 1. The van der Waals surface area contributed by atoms with E-state index in [0.29, 0.717) is 11.3 Å². The number of cyclic esters (lactones) is 1. The zero-order valence-electron chi connectivity index (χ0n) is 18.6. The minimum Gasteiger partial charge on any atom is -0.442 e. The van der Waals surface area contributed by atoms with Gasteiger partial charge in [-0.15, -0.1) is 11.3 Å². The third kappa shape index (κ3) is 6.34. The highest BCUT2D eigenvalue weighted by atomic mass is 32.2. The number of carbonyl (C=O) groups excluding carboxylic acids is 2. The number of nitrogens with one attached hydrogen (secondary N) is 2. The molecule has 2 heterocycles. The fourth-order valence-corrected chi connectivity index (χ4v) is 5.13. The van der Waals surface area contributed by atoms with Crippen molar-refractivity contribution < 1.29 is 18.7 Å². The van der Waals surface area contributed by atoms with Gasteiger partial charge in [0.2, 0.25) is 5.91 Å². The summed E-state index contributed by atoms with van der Waals surface area (Å²) in [5, 5.41) is 8.00. The van der Waals surface area contributed by atoms with Crippen molar-refractivity contribution in [3.05, 3.63) is 65.4 Å². The molecule has 0 bridgehead atoms. The maximum Gasteiger partial charge on any atom is 0.414 e. The molecule has 1 aromatic heterocycles. The molecule has 34 heavy (non-hydrogen) atoms. The average Bonchev–Trinajstić information content (AvgIpc) is 3.47. The lowest BCUT2D eigenvalue weighted by Crippen LogP contribution is -2.33. The molecule has 0 radical (unpaired) electrons. The summed E-state index contributed by atoms with van der Waals surface area (Å²) in [6, 6.07) is 12.5. The van der Waals surface area contributed by atoms with Crippen LogP contribution in [0.1, 0.15) is 12.5 Å². The van der Waals surface area contributed by atoms with Gasteiger partial charge in [0, 0.05) is 42.9 Å². The van der Waals surface area contributed by atoms with Crippen LogP contribution in [0.3, 0.4) is 0 Å². The molecule has 1 fully saturated rings. The molecular formula is C24H25FN4O3S2. The number of thioether (sulfide) groups is 1. The first-order chi connectivity index (χ1) is 16.5. The monoisotopic (exact) mass is 500 g/mol. The topological polar surface area (TPSA) is 83.6 Å². The molecule has 1 saturated heterocycles. The van der Waals surface area contributed by atoms with Crippen LogP contribution in [0.15, 0.2) is 58.4 Å². The Labute approximate surface area is 205 Å². The summed E-state index contributed by atoms with van der Waals surface area (Å²) in [7, 11) is 0. The summed E-state index contributed by atoms with van der Waals surface area (Å²) >= 11 is 3.37. The number of rotatable bonds is 10. The molecule has 2 N–H and O–H groups in total. The number of hydrogen-bond acceptors (Lipinski definition) is 7. The van der Waals surface area contributed by atoms with Crippen LogP contribution >= 0.6 is 23.1 Å². The van der Waals surface area contributed by atoms with Gasteiger partial charge >= 0.3 is 6.09 Å². The summed E-state index contributed by atoms with van der Waals surface area (Å²) in [6.45, 7) is 3.48. The highest BCUT2D eigenvalue weighted by molar-refractivity contribution is 8.01. The van der Waals surface area contributed by atoms with Gasteiger partial charge in [-0.25, -0.2) is 14.2 Å². The Bertz CT molecular complexity index is 1130. The first kappa shape index (κ1) is 24.2. The van der Waals surface area contributed by atoms with Gasteiger partial charge in [0.25, 0.3) is 0 Å². The van der Waals surface area contributed by atoms with Crippen molar-refractivity contribution in [2.24, 2.45) is 0 Å². The van der Waals surface area contributed by atoms with Crippen LogP contribution in [-0.4, -0.2) is 48.5 Å². The lowest BCUT2D eigenvalue weighted by atomic mass is 10.0. The third-order valence-electron chi connectivity index (χ3n) is 5.23.